The largest absolute Gasteiger partial charge is 0.455 e. The van der Waals surface area contributed by atoms with Crippen molar-refractivity contribution in [1.82, 2.24) is 0 Å². The zero-order chi connectivity index (χ0) is 22.7. The van der Waals surface area contributed by atoms with Crippen molar-refractivity contribution in [2.45, 2.75) is 115 Å². The first-order valence-electron chi connectivity index (χ1n) is 10.9. The van der Waals surface area contributed by atoms with Crippen molar-refractivity contribution in [3.05, 3.63) is 0 Å². The second-order valence-electron chi connectivity index (χ2n) is 7.65. The van der Waals surface area contributed by atoms with Gasteiger partial charge in [-0.05, 0) is 19.3 Å². The zero-order valence-electron chi connectivity index (χ0n) is 18.1. The SMILES string of the molecule is CCCCC(=O)OC1[C@@H](OC(=O)CCCC)[C@H](O)C(O)[C@@H](O)[C@H]1OC(=O)CCCC. The molecule has 2 unspecified atom stereocenters. The first-order chi connectivity index (χ1) is 14.3. The molecule has 0 bridgehead atoms. The van der Waals surface area contributed by atoms with Gasteiger partial charge in [-0.15, -0.1) is 0 Å². The predicted octanol–water partition coefficient (Wildman–Crippen LogP) is 1.39. The van der Waals surface area contributed by atoms with E-state index in [9.17, 15) is 29.7 Å². The van der Waals surface area contributed by atoms with E-state index in [1.165, 1.54) is 0 Å². The third-order valence-corrected chi connectivity index (χ3v) is 5.03. The molecule has 1 rings (SSSR count). The molecule has 30 heavy (non-hydrogen) atoms. The van der Waals surface area contributed by atoms with Gasteiger partial charge in [0, 0.05) is 19.3 Å². The maximum atomic E-state index is 12.2. The van der Waals surface area contributed by atoms with E-state index in [4.69, 9.17) is 14.2 Å². The van der Waals surface area contributed by atoms with Gasteiger partial charge in [0.05, 0.1) is 0 Å². The van der Waals surface area contributed by atoms with Crippen molar-refractivity contribution < 1.29 is 43.9 Å². The molecule has 0 aromatic carbocycles. The zero-order valence-corrected chi connectivity index (χ0v) is 18.1. The normalized spacial score (nSPS) is 28.6. The van der Waals surface area contributed by atoms with E-state index >= 15 is 0 Å². The summed E-state index contributed by atoms with van der Waals surface area (Å²) in [6.45, 7) is 5.69. The Morgan fingerprint density at radius 2 is 0.867 bits per heavy atom. The summed E-state index contributed by atoms with van der Waals surface area (Å²) in [4.78, 5) is 36.5. The summed E-state index contributed by atoms with van der Waals surface area (Å²) in [6.07, 6.45) is -5.39. The second-order valence-corrected chi connectivity index (χ2v) is 7.65. The van der Waals surface area contributed by atoms with Gasteiger partial charge in [0.15, 0.2) is 18.3 Å². The van der Waals surface area contributed by atoms with Crippen LogP contribution in [0.15, 0.2) is 0 Å². The molecule has 3 N–H and O–H groups in total. The molecule has 1 aliphatic carbocycles. The third kappa shape index (κ3) is 7.85. The Morgan fingerprint density at radius 3 is 1.17 bits per heavy atom. The summed E-state index contributed by atoms with van der Waals surface area (Å²) in [6, 6.07) is 0. The molecule has 0 radical (unpaired) electrons. The first kappa shape index (κ1) is 26.3. The molecular weight excluding hydrogens is 396 g/mol. The summed E-state index contributed by atoms with van der Waals surface area (Å²) in [5.74, 6) is -1.92. The van der Waals surface area contributed by atoms with Crippen LogP contribution < -0.4 is 0 Å². The number of hydrogen-bond acceptors (Lipinski definition) is 9. The molecule has 0 heterocycles. The highest BCUT2D eigenvalue weighted by Gasteiger charge is 2.55. The molecule has 1 aliphatic rings. The van der Waals surface area contributed by atoms with Crippen LogP contribution in [0.25, 0.3) is 0 Å². The lowest BCUT2D eigenvalue weighted by atomic mass is 9.84. The van der Waals surface area contributed by atoms with Crippen LogP contribution in [0.5, 0.6) is 0 Å². The fraction of sp³-hybridized carbons (Fsp3) is 0.857. The fourth-order valence-corrected chi connectivity index (χ4v) is 3.17. The number of ether oxygens (including phenoxy) is 3. The number of aliphatic hydroxyl groups is 3. The summed E-state index contributed by atoms with van der Waals surface area (Å²) >= 11 is 0. The van der Waals surface area contributed by atoms with E-state index in [0.717, 1.165) is 19.3 Å². The molecule has 0 saturated heterocycles. The minimum atomic E-state index is -1.75. The molecule has 1 fully saturated rings. The highest BCUT2D eigenvalue weighted by atomic mass is 16.6. The highest BCUT2D eigenvalue weighted by molar-refractivity contribution is 5.71. The molecule has 9 heteroatoms. The van der Waals surface area contributed by atoms with Crippen molar-refractivity contribution in [3.8, 4) is 0 Å². The van der Waals surface area contributed by atoms with E-state index in [1.807, 2.05) is 20.8 Å². The number of hydrogen-bond donors (Lipinski definition) is 3. The van der Waals surface area contributed by atoms with Gasteiger partial charge in [-0.2, -0.15) is 0 Å². The van der Waals surface area contributed by atoms with E-state index in [2.05, 4.69) is 0 Å². The summed E-state index contributed by atoms with van der Waals surface area (Å²) in [5.41, 5.74) is 0. The van der Waals surface area contributed by atoms with Crippen LogP contribution in [-0.4, -0.2) is 69.9 Å². The van der Waals surface area contributed by atoms with Crippen LogP contribution in [0.1, 0.15) is 78.6 Å². The van der Waals surface area contributed by atoms with Gasteiger partial charge in [0.25, 0.3) is 0 Å². The van der Waals surface area contributed by atoms with Crippen molar-refractivity contribution in [2.24, 2.45) is 0 Å². The Balaban J connectivity index is 3.09. The predicted molar refractivity (Wildman–Crippen MR) is 106 cm³/mol. The number of aliphatic hydroxyl groups excluding tert-OH is 3. The van der Waals surface area contributed by atoms with E-state index in [0.29, 0.717) is 19.3 Å². The van der Waals surface area contributed by atoms with Crippen LogP contribution in [0.3, 0.4) is 0 Å². The standard InChI is InChI=1S/C21H36O9/c1-4-7-10-13(22)28-19-17(26)16(25)18(27)20(29-14(23)11-8-5-2)21(19)30-15(24)12-9-6-3/h16-21,25-27H,4-12H2,1-3H3/t16?,17-,18-,19-,20+,21?/m1/s1. The molecule has 0 spiro atoms. The summed E-state index contributed by atoms with van der Waals surface area (Å²) in [5, 5.41) is 31.1. The fourth-order valence-electron chi connectivity index (χ4n) is 3.17. The van der Waals surface area contributed by atoms with Crippen molar-refractivity contribution in [1.29, 1.82) is 0 Å². The van der Waals surface area contributed by atoms with E-state index in [-0.39, 0.29) is 19.3 Å². The summed E-state index contributed by atoms with van der Waals surface area (Å²) < 4.78 is 16.0. The number of carbonyl (C=O) groups excluding carboxylic acids is 3. The minimum Gasteiger partial charge on any atom is -0.455 e. The third-order valence-electron chi connectivity index (χ3n) is 5.03. The number of unbranched alkanes of at least 4 members (excludes halogenated alkanes) is 3. The van der Waals surface area contributed by atoms with Gasteiger partial charge in [0.1, 0.15) is 18.3 Å². The van der Waals surface area contributed by atoms with Crippen LogP contribution in [0.4, 0.5) is 0 Å². The van der Waals surface area contributed by atoms with Gasteiger partial charge >= 0.3 is 17.9 Å². The van der Waals surface area contributed by atoms with Gasteiger partial charge in [-0.3, -0.25) is 14.4 Å². The molecule has 9 nitrogen and oxygen atoms in total. The monoisotopic (exact) mass is 432 g/mol. The van der Waals surface area contributed by atoms with Crippen LogP contribution >= 0.6 is 0 Å². The number of esters is 3. The van der Waals surface area contributed by atoms with Crippen LogP contribution in [0.2, 0.25) is 0 Å². The van der Waals surface area contributed by atoms with Gasteiger partial charge < -0.3 is 29.5 Å². The van der Waals surface area contributed by atoms with Crippen molar-refractivity contribution in [3.63, 3.8) is 0 Å². The Labute approximate surface area is 177 Å². The number of rotatable bonds is 12. The Morgan fingerprint density at radius 1 is 0.567 bits per heavy atom. The van der Waals surface area contributed by atoms with E-state index in [1.54, 1.807) is 0 Å². The Kier molecular flexibility index (Phi) is 11.9. The topological polar surface area (TPSA) is 140 Å². The van der Waals surface area contributed by atoms with Gasteiger partial charge in [-0.1, -0.05) is 40.0 Å². The molecule has 0 amide bonds. The maximum Gasteiger partial charge on any atom is 0.306 e. The minimum absolute atomic E-state index is 0.0781. The van der Waals surface area contributed by atoms with Crippen LogP contribution in [0, 0.1) is 0 Å². The smallest absolute Gasteiger partial charge is 0.306 e. The van der Waals surface area contributed by atoms with E-state index < -0.39 is 54.5 Å². The van der Waals surface area contributed by atoms with Crippen molar-refractivity contribution >= 4 is 17.9 Å². The quantitative estimate of drug-likeness (QED) is 0.308. The number of carbonyl (C=O) groups is 3. The Hall–Kier alpha value is -1.71. The van der Waals surface area contributed by atoms with Crippen molar-refractivity contribution in [2.75, 3.05) is 0 Å². The Bertz CT molecular complexity index is 515. The molecule has 6 atom stereocenters. The average molecular weight is 433 g/mol. The maximum absolute atomic E-state index is 12.2. The van der Waals surface area contributed by atoms with Gasteiger partial charge in [-0.25, -0.2) is 0 Å². The average Bonchev–Trinajstić information content (AvgIpc) is 2.73. The van der Waals surface area contributed by atoms with Gasteiger partial charge in [0.2, 0.25) is 0 Å². The lowest BCUT2D eigenvalue weighted by molar-refractivity contribution is -0.248. The molecule has 0 aromatic rings. The second kappa shape index (κ2) is 13.6. The molecule has 174 valence electrons. The molecule has 0 aromatic heterocycles. The molecule has 0 aliphatic heterocycles. The lowest BCUT2D eigenvalue weighted by Crippen LogP contribution is -2.66. The molecule has 1 saturated carbocycles. The lowest BCUT2D eigenvalue weighted by Gasteiger charge is -2.44. The molecular formula is C21H36O9. The highest BCUT2D eigenvalue weighted by Crippen LogP contribution is 2.30. The summed E-state index contributed by atoms with van der Waals surface area (Å²) in [7, 11) is 0. The van der Waals surface area contributed by atoms with Crippen LogP contribution in [-0.2, 0) is 28.6 Å². The first-order valence-corrected chi connectivity index (χ1v) is 10.9.